The molecule has 106 valence electrons. The van der Waals surface area contributed by atoms with Gasteiger partial charge >= 0.3 is 5.97 Å². The van der Waals surface area contributed by atoms with E-state index < -0.39 is 11.4 Å². The first-order chi connectivity index (χ1) is 8.89. The third kappa shape index (κ3) is 6.54. The zero-order valence-corrected chi connectivity index (χ0v) is 11.3. The molecule has 7 heteroatoms. The van der Waals surface area contributed by atoms with Gasteiger partial charge in [0, 0.05) is 25.7 Å². The minimum absolute atomic E-state index is 0.0145. The van der Waals surface area contributed by atoms with Crippen molar-refractivity contribution in [2.45, 2.75) is 39.7 Å². The fourth-order valence-electron chi connectivity index (χ4n) is 1.79. The molecule has 0 atom stereocenters. The van der Waals surface area contributed by atoms with Crippen LogP contribution in [0.1, 0.15) is 33.1 Å². The number of carbonyl (C=O) groups is 2. The molecule has 0 spiro atoms. The van der Waals surface area contributed by atoms with E-state index in [1.54, 1.807) is 30.9 Å². The largest absolute Gasteiger partial charge is 0.481 e. The summed E-state index contributed by atoms with van der Waals surface area (Å²) in [6.45, 7) is 4.78. The summed E-state index contributed by atoms with van der Waals surface area (Å²) in [5.41, 5.74) is -0.526. The molecule has 1 aromatic rings. The van der Waals surface area contributed by atoms with Crippen LogP contribution in [0.2, 0.25) is 0 Å². The number of amides is 1. The van der Waals surface area contributed by atoms with Crippen molar-refractivity contribution in [3.63, 3.8) is 0 Å². The predicted molar refractivity (Wildman–Crippen MR) is 68.3 cm³/mol. The molecule has 1 aromatic heterocycles. The highest BCUT2D eigenvalue weighted by atomic mass is 16.4. The summed E-state index contributed by atoms with van der Waals surface area (Å²) in [5.74, 6) is -1.01. The number of aliphatic carboxylic acids is 1. The van der Waals surface area contributed by atoms with E-state index in [0.29, 0.717) is 13.1 Å². The molecule has 0 bridgehead atoms. The SMILES string of the molecule is CC(C)(CC(=O)O)CC(=O)NCCCn1ccnn1. The molecule has 19 heavy (non-hydrogen) atoms. The van der Waals surface area contributed by atoms with Gasteiger partial charge in [-0.2, -0.15) is 0 Å². The van der Waals surface area contributed by atoms with Crippen molar-refractivity contribution in [2.24, 2.45) is 5.41 Å². The molecule has 1 amide bonds. The molecule has 0 aromatic carbocycles. The van der Waals surface area contributed by atoms with Crippen LogP contribution in [0.25, 0.3) is 0 Å². The summed E-state index contributed by atoms with van der Waals surface area (Å²) in [4.78, 5) is 22.3. The van der Waals surface area contributed by atoms with E-state index in [1.807, 2.05) is 0 Å². The third-order valence-electron chi connectivity index (χ3n) is 2.63. The number of aryl methyl sites for hydroxylation is 1. The maximum absolute atomic E-state index is 11.7. The molecule has 0 aliphatic carbocycles. The Labute approximate surface area is 112 Å². The summed E-state index contributed by atoms with van der Waals surface area (Å²) < 4.78 is 1.69. The summed E-state index contributed by atoms with van der Waals surface area (Å²) >= 11 is 0. The fraction of sp³-hybridized carbons (Fsp3) is 0.667. The van der Waals surface area contributed by atoms with Crippen molar-refractivity contribution in [1.82, 2.24) is 20.3 Å². The number of carboxylic acid groups (broad SMARTS) is 1. The normalized spacial score (nSPS) is 11.3. The number of rotatable bonds is 8. The van der Waals surface area contributed by atoms with Crippen molar-refractivity contribution in [3.8, 4) is 0 Å². The van der Waals surface area contributed by atoms with E-state index in [-0.39, 0.29) is 18.7 Å². The monoisotopic (exact) mass is 268 g/mol. The Bertz CT molecular complexity index is 415. The lowest BCUT2D eigenvalue weighted by molar-refractivity contribution is -0.139. The van der Waals surface area contributed by atoms with Gasteiger partial charge in [0.05, 0.1) is 12.6 Å². The lowest BCUT2D eigenvalue weighted by Gasteiger charge is -2.21. The molecule has 0 saturated heterocycles. The molecule has 0 saturated carbocycles. The second kappa shape index (κ2) is 6.86. The van der Waals surface area contributed by atoms with Crippen molar-refractivity contribution >= 4 is 11.9 Å². The minimum Gasteiger partial charge on any atom is -0.481 e. The summed E-state index contributed by atoms with van der Waals surface area (Å²) in [7, 11) is 0. The Hall–Kier alpha value is -1.92. The zero-order valence-electron chi connectivity index (χ0n) is 11.3. The van der Waals surface area contributed by atoms with Crippen LogP contribution in [0.15, 0.2) is 12.4 Å². The van der Waals surface area contributed by atoms with Crippen LogP contribution >= 0.6 is 0 Å². The Morgan fingerprint density at radius 1 is 1.37 bits per heavy atom. The Kier molecular flexibility index (Phi) is 5.47. The van der Waals surface area contributed by atoms with Crippen LogP contribution in [0.4, 0.5) is 0 Å². The second-order valence-electron chi connectivity index (χ2n) is 5.28. The van der Waals surface area contributed by atoms with Gasteiger partial charge in [0.15, 0.2) is 0 Å². The van der Waals surface area contributed by atoms with Gasteiger partial charge in [0.1, 0.15) is 0 Å². The summed E-state index contributed by atoms with van der Waals surface area (Å²) in [6, 6.07) is 0. The lowest BCUT2D eigenvalue weighted by atomic mass is 9.85. The number of aromatic nitrogens is 3. The van der Waals surface area contributed by atoms with Crippen LogP contribution in [0, 0.1) is 5.41 Å². The van der Waals surface area contributed by atoms with Crippen molar-refractivity contribution in [3.05, 3.63) is 12.4 Å². The van der Waals surface area contributed by atoms with E-state index in [9.17, 15) is 9.59 Å². The van der Waals surface area contributed by atoms with Gasteiger partial charge < -0.3 is 10.4 Å². The Morgan fingerprint density at radius 3 is 2.68 bits per heavy atom. The third-order valence-corrected chi connectivity index (χ3v) is 2.63. The van der Waals surface area contributed by atoms with Gasteiger partial charge in [-0.05, 0) is 11.8 Å². The number of nitrogens with zero attached hydrogens (tertiary/aromatic N) is 3. The number of nitrogens with one attached hydrogen (secondary N) is 1. The smallest absolute Gasteiger partial charge is 0.303 e. The second-order valence-corrected chi connectivity index (χ2v) is 5.28. The highest BCUT2D eigenvalue weighted by Crippen LogP contribution is 2.24. The van der Waals surface area contributed by atoms with Gasteiger partial charge in [-0.15, -0.1) is 5.10 Å². The van der Waals surface area contributed by atoms with E-state index in [4.69, 9.17) is 5.11 Å². The van der Waals surface area contributed by atoms with Crippen LogP contribution < -0.4 is 5.32 Å². The molecule has 0 fully saturated rings. The van der Waals surface area contributed by atoms with Gasteiger partial charge in [-0.25, -0.2) is 0 Å². The maximum atomic E-state index is 11.7. The first-order valence-electron chi connectivity index (χ1n) is 6.22. The van der Waals surface area contributed by atoms with Crippen LogP contribution in [0.3, 0.4) is 0 Å². The van der Waals surface area contributed by atoms with Crippen LogP contribution in [0.5, 0.6) is 0 Å². The maximum Gasteiger partial charge on any atom is 0.303 e. The minimum atomic E-state index is -0.885. The molecule has 0 aliphatic rings. The average Bonchev–Trinajstić information content (AvgIpc) is 2.74. The topological polar surface area (TPSA) is 97.1 Å². The van der Waals surface area contributed by atoms with Crippen molar-refractivity contribution < 1.29 is 14.7 Å². The quantitative estimate of drug-likeness (QED) is 0.675. The number of carboxylic acids is 1. The Balaban J connectivity index is 2.18. The number of hydrogen-bond donors (Lipinski definition) is 2. The molecule has 1 heterocycles. The predicted octanol–water partition coefficient (Wildman–Crippen LogP) is 0.675. The molecule has 2 N–H and O–H groups in total. The standard InChI is InChI=1S/C12H20N4O3/c1-12(2,9-11(18)19)8-10(17)13-4-3-6-16-7-5-14-15-16/h5,7H,3-4,6,8-9H2,1-2H3,(H,13,17)(H,18,19). The van der Waals surface area contributed by atoms with Crippen LogP contribution in [-0.2, 0) is 16.1 Å². The van der Waals surface area contributed by atoms with Crippen LogP contribution in [-0.4, -0.2) is 38.5 Å². The first kappa shape index (κ1) is 15.1. The zero-order chi connectivity index (χ0) is 14.3. The van der Waals surface area contributed by atoms with Crippen molar-refractivity contribution in [1.29, 1.82) is 0 Å². The lowest BCUT2D eigenvalue weighted by Crippen LogP contribution is -2.31. The highest BCUT2D eigenvalue weighted by Gasteiger charge is 2.24. The van der Waals surface area contributed by atoms with Gasteiger partial charge in [0.25, 0.3) is 0 Å². The van der Waals surface area contributed by atoms with Gasteiger partial charge in [0.2, 0.25) is 5.91 Å². The van der Waals surface area contributed by atoms with E-state index in [0.717, 1.165) is 6.42 Å². The molecule has 7 nitrogen and oxygen atoms in total. The molecular weight excluding hydrogens is 248 g/mol. The van der Waals surface area contributed by atoms with Gasteiger partial charge in [-0.1, -0.05) is 19.1 Å². The van der Waals surface area contributed by atoms with Crippen molar-refractivity contribution in [2.75, 3.05) is 6.54 Å². The highest BCUT2D eigenvalue weighted by molar-refractivity contribution is 5.77. The summed E-state index contributed by atoms with van der Waals surface area (Å²) in [6.07, 6.45) is 4.32. The first-order valence-corrected chi connectivity index (χ1v) is 6.22. The van der Waals surface area contributed by atoms with E-state index >= 15 is 0 Å². The molecule has 0 aliphatic heterocycles. The fourth-order valence-corrected chi connectivity index (χ4v) is 1.79. The van der Waals surface area contributed by atoms with E-state index in [1.165, 1.54) is 0 Å². The molecule has 0 radical (unpaired) electrons. The number of hydrogen-bond acceptors (Lipinski definition) is 4. The Morgan fingerprint density at radius 2 is 2.11 bits per heavy atom. The molecule has 1 rings (SSSR count). The average molecular weight is 268 g/mol. The molecule has 0 unspecified atom stereocenters. The number of carbonyl (C=O) groups excluding carboxylic acids is 1. The summed E-state index contributed by atoms with van der Waals surface area (Å²) in [5, 5.41) is 19.0. The van der Waals surface area contributed by atoms with Gasteiger partial charge in [-0.3, -0.25) is 14.3 Å². The molecular formula is C12H20N4O3. The van der Waals surface area contributed by atoms with E-state index in [2.05, 4.69) is 15.6 Å².